The van der Waals surface area contributed by atoms with Crippen LogP contribution in [0.4, 0.5) is 13.2 Å². The van der Waals surface area contributed by atoms with Gasteiger partial charge in [-0.15, -0.1) is 0 Å². The molecule has 142 valence electrons. The van der Waals surface area contributed by atoms with Gasteiger partial charge < -0.3 is 5.11 Å². The number of benzene rings is 1. The lowest BCUT2D eigenvalue weighted by Gasteiger charge is -2.66. The molecule has 3 aliphatic carbocycles. The highest BCUT2D eigenvalue weighted by molar-refractivity contribution is 5.80. The summed E-state index contributed by atoms with van der Waals surface area (Å²) in [6, 6.07) is 7.55. The van der Waals surface area contributed by atoms with Crippen LogP contribution in [0.25, 0.3) is 22.3 Å². The summed E-state index contributed by atoms with van der Waals surface area (Å²) in [6.45, 7) is 1.51. The largest absolute Gasteiger partial charge is 0.507 e. The Labute approximate surface area is 158 Å². The third kappa shape index (κ3) is 2.19. The zero-order valence-corrected chi connectivity index (χ0v) is 14.9. The molecule has 2 bridgehead atoms. The molecule has 8 heteroatoms. The van der Waals surface area contributed by atoms with Crippen molar-refractivity contribution in [3.63, 3.8) is 0 Å². The lowest BCUT2D eigenvalue weighted by Crippen LogP contribution is -2.67. The number of nitrogens with zero attached hydrogens (tertiary/aromatic N) is 4. The summed E-state index contributed by atoms with van der Waals surface area (Å²) in [6.07, 6.45) is -0.269. The van der Waals surface area contributed by atoms with E-state index in [0.29, 0.717) is 11.3 Å². The topological polar surface area (TPSA) is 74.7 Å². The van der Waals surface area contributed by atoms with Gasteiger partial charge in [0, 0.05) is 17.1 Å². The zero-order chi connectivity index (χ0) is 19.9. The van der Waals surface area contributed by atoms with Crippen LogP contribution in [0.1, 0.15) is 30.4 Å². The molecule has 0 atom stereocenters. The van der Waals surface area contributed by atoms with Crippen molar-refractivity contribution >= 4 is 11.0 Å². The average molecular weight is 384 g/mol. The van der Waals surface area contributed by atoms with Crippen LogP contribution in [-0.2, 0) is 11.7 Å². The van der Waals surface area contributed by atoms with Crippen LogP contribution >= 0.6 is 0 Å². The minimum atomic E-state index is -4.53. The fraction of sp³-hybridized carbons (Fsp3) is 0.350. The molecule has 3 saturated carbocycles. The van der Waals surface area contributed by atoms with Crippen molar-refractivity contribution in [2.45, 2.75) is 37.9 Å². The van der Waals surface area contributed by atoms with Gasteiger partial charge in [0.25, 0.3) is 0 Å². The Morgan fingerprint density at radius 2 is 1.93 bits per heavy atom. The van der Waals surface area contributed by atoms with E-state index in [1.807, 2.05) is 10.9 Å². The normalized spacial score (nSPS) is 25.8. The molecular formula is C20H15F3N4O. The fourth-order valence-corrected chi connectivity index (χ4v) is 4.65. The predicted molar refractivity (Wildman–Crippen MR) is 94.2 cm³/mol. The summed E-state index contributed by atoms with van der Waals surface area (Å²) in [7, 11) is 0. The van der Waals surface area contributed by atoms with Gasteiger partial charge in [-0.3, -0.25) is 4.68 Å². The maximum absolute atomic E-state index is 12.9. The van der Waals surface area contributed by atoms with Crippen LogP contribution in [0.5, 0.6) is 5.75 Å². The molecule has 28 heavy (non-hydrogen) atoms. The molecule has 1 aromatic carbocycles. The Balaban J connectivity index is 1.54. The Bertz CT molecular complexity index is 1150. The van der Waals surface area contributed by atoms with Gasteiger partial charge in [-0.25, -0.2) is 4.98 Å². The van der Waals surface area contributed by atoms with Crippen LogP contribution in [0, 0.1) is 23.7 Å². The van der Waals surface area contributed by atoms with Crippen molar-refractivity contribution in [1.29, 1.82) is 5.26 Å². The summed E-state index contributed by atoms with van der Waals surface area (Å²) in [5.74, 6) is -0.464. The molecule has 0 amide bonds. The maximum atomic E-state index is 12.9. The number of halogens is 3. The first-order chi connectivity index (χ1) is 13.1. The molecule has 0 aliphatic heterocycles. The molecule has 0 radical (unpaired) electrons. The molecule has 0 spiro atoms. The number of alkyl halides is 3. The van der Waals surface area contributed by atoms with Crippen molar-refractivity contribution in [1.82, 2.24) is 14.8 Å². The summed E-state index contributed by atoms with van der Waals surface area (Å²) < 4.78 is 40.7. The smallest absolute Gasteiger partial charge is 0.416 e. The van der Waals surface area contributed by atoms with Gasteiger partial charge in [-0.1, -0.05) is 0 Å². The third-order valence-electron chi connectivity index (χ3n) is 5.99. The van der Waals surface area contributed by atoms with E-state index in [0.717, 1.165) is 36.8 Å². The minimum absolute atomic E-state index is 0.108. The second kappa shape index (κ2) is 5.04. The molecule has 3 aliphatic rings. The fourth-order valence-electron chi connectivity index (χ4n) is 4.65. The van der Waals surface area contributed by atoms with Gasteiger partial charge in [0.05, 0.1) is 28.3 Å². The number of fused-ring (bicyclic) bond motifs is 1. The van der Waals surface area contributed by atoms with E-state index >= 15 is 0 Å². The number of rotatable bonds is 2. The maximum Gasteiger partial charge on any atom is 0.416 e. The number of aryl methyl sites for hydroxylation is 1. The zero-order valence-electron chi connectivity index (χ0n) is 14.9. The molecule has 5 nitrogen and oxygen atoms in total. The molecule has 2 aromatic heterocycles. The van der Waals surface area contributed by atoms with E-state index < -0.39 is 17.5 Å². The SMILES string of the molecule is Cc1cc(C(F)(F)F)cc(O)c1-c1ccc2cn(C34CC(C#N)(C3)C4)nc2n1. The van der Waals surface area contributed by atoms with Crippen molar-refractivity contribution in [3.05, 3.63) is 41.6 Å². The number of aromatic hydroxyl groups is 1. The number of pyridine rings is 1. The van der Waals surface area contributed by atoms with Gasteiger partial charge in [-0.05, 0) is 56.0 Å². The van der Waals surface area contributed by atoms with Gasteiger partial charge in [0.1, 0.15) is 5.75 Å². The van der Waals surface area contributed by atoms with E-state index in [9.17, 15) is 23.5 Å². The van der Waals surface area contributed by atoms with E-state index in [1.165, 1.54) is 6.92 Å². The minimum Gasteiger partial charge on any atom is -0.507 e. The molecule has 6 rings (SSSR count). The summed E-state index contributed by atoms with van der Waals surface area (Å²) in [4.78, 5) is 4.47. The summed E-state index contributed by atoms with van der Waals surface area (Å²) in [5, 5.41) is 24.7. The lowest BCUT2D eigenvalue weighted by atomic mass is 9.40. The van der Waals surface area contributed by atoms with Gasteiger partial charge in [0.15, 0.2) is 5.65 Å². The lowest BCUT2D eigenvalue weighted by molar-refractivity contribution is -0.152. The summed E-state index contributed by atoms with van der Waals surface area (Å²) >= 11 is 0. The van der Waals surface area contributed by atoms with Crippen molar-refractivity contribution < 1.29 is 18.3 Å². The van der Waals surface area contributed by atoms with Crippen LogP contribution in [0.3, 0.4) is 0 Å². The number of hydrogen-bond acceptors (Lipinski definition) is 4. The van der Waals surface area contributed by atoms with Gasteiger partial charge in [0.2, 0.25) is 0 Å². The number of aromatic nitrogens is 3. The molecule has 2 heterocycles. The second-order valence-electron chi connectivity index (χ2n) is 8.01. The average Bonchev–Trinajstić information content (AvgIpc) is 2.94. The molecule has 3 aromatic rings. The summed E-state index contributed by atoms with van der Waals surface area (Å²) in [5.41, 5.74) is 0.182. The highest BCUT2D eigenvalue weighted by Crippen LogP contribution is 2.70. The first-order valence-electron chi connectivity index (χ1n) is 8.84. The Kier molecular flexibility index (Phi) is 3.07. The van der Waals surface area contributed by atoms with E-state index in [2.05, 4.69) is 16.2 Å². The molecule has 3 fully saturated rings. The van der Waals surface area contributed by atoms with Crippen LogP contribution < -0.4 is 0 Å². The van der Waals surface area contributed by atoms with Crippen molar-refractivity contribution in [2.75, 3.05) is 0 Å². The Hall–Kier alpha value is -3.08. The standard InChI is InChI=1S/C20H15F3N4O/c1-11-4-13(20(21,22)23)5-15(28)16(11)14-3-2-12-6-27(26-17(12)25-14)19-7-18(8-19,9-19)10-24/h2-6,28H,7-9H2,1H3. The molecule has 0 unspecified atom stereocenters. The molecule has 0 saturated heterocycles. The highest BCUT2D eigenvalue weighted by Gasteiger charge is 2.70. The van der Waals surface area contributed by atoms with Crippen LogP contribution in [0.15, 0.2) is 30.5 Å². The number of phenolic OH excluding ortho intramolecular Hbond substituents is 1. The monoisotopic (exact) mass is 384 g/mol. The van der Waals surface area contributed by atoms with E-state index in [1.54, 1.807) is 12.1 Å². The number of nitriles is 1. The highest BCUT2D eigenvalue weighted by atomic mass is 19.4. The predicted octanol–water partition coefficient (Wildman–Crippen LogP) is 4.53. The number of hydrogen-bond donors (Lipinski definition) is 1. The third-order valence-corrected chi connectivity index (χ3v) is 5.99. The Morgan fingerprint density at radius 3 is 2.54 bits per heavy atom. The van der Waals surface area contributed by atoms with Crippen LogP contribution in [0.2, 0.25) is 0 Å². The quantitative estimate of drug-likeness (QED) is 0.704. The first kappa shape index (κ1) is 17.0. The second-order valence-corrected chi connectivity index (χ2v) is 8.01. The van der Waals surface area contributed by atoms with Crippen molar-refractivity contribution in [3.8, 4) is 23.1 Å². The first-order valence-corrected chi connectivity index (χ1v) is 8.84. The van der Waals surface area contributed by atoms with Crippen LogP contribution in [-0.4, -0.2) is 19.9 Å². The van der Waals surface area contributed by atoms with E-state index in [-0.39, 0.29) is 22.1 Å². The number of phenols is 1. The molecular weight excluding hydrogens is 369 g/mol. The van der Waals surface area contributed by atoms with Gasteiger partial charge >= 0.3 is 6.18 Å². The molecule has 1 N–H and O–H groups in total. The van der Waals surface area contributed by atoms with Crippen molar-refractivity contribution in [2.24, 2.45) is 5.41 Å². The van der Waals surface area contributed by atoms with Gasteiger partial charge in [-0.2, -0.15) is 23.5 Å². The Morgan fingerprint density at radius 1 is 1.21 bits per heavy atom. The van der Waals surface area contributed by atoms with E-state index in [4.69, 9.17) is 0 Å².